The summed E-state index contributed by atoms with van der Waals surface area (Å²) in [5.41, 5.74) is 1.65. The summed E-state index contributed by atoms with van der Waals surface area (Å²) in [6, 6.07) is 3.38. The third-order valence-electron chi connectivity index (χ3n) is 6.82. The summed E-state index contributed by atoms with van der Waals surface area (Å²) in [5.74, 6) is 0.245. The molecule has 1 amide bonds. The first-order valence-electron chi connectivity index (χ1n) is 12.6. The smallest absolute Gasteiger partial charge is 0.280 e. The van der Waals surface area contributed by atoms with E-state index in [1.807, 2.05) is 21.0 Å². The number of rotatable bonds is 11. The van der Waals surface area contributed by atoms with Gasteiger partial charge < -0.3 is 15.0 Å². The van der Waals surface area contributed by atoms with Gasteiger partial charge in [-0.3, -0.25) is 19.5 Å². The number of nitrogens with zero attached hydrogens (tertiary/aromatic N) is 5. The molecule has 0 aromatic carbocycles. The molecule has 0 spiro atoms. The Kier molecular flexibility index (Phi) is 7.59. The lowest BCUT2D eigenvalue weighted by atomic mass is 9.74. The molecule has 1 atom stereocenters. The van der Waals surface area contributed by atoms with Gasteiger partial charge >= 0.3 is 0 Å². The number of hydrogen-bond acceptors (Lipinski definition) is 10. The molecule has 2 fully saturated rings. The number of sulfonamides is 1. The van der Waals surface area contributed by atoms with Gasteiger partial charge in [0.15, 0.2) is 5.01 Å². The zero-order valence-corrected chi connectivity index (χ0v) is 23.1. The maximum absolute atomic E-state index is 13.3. The van der Waals surface area contributed by atoms with Gasteiger partial charge in [0.05, 0.1) is 46.6 Å². The van der Waals surface area contributed by atoms with Crippen LogP contribution in [0.5, 0.6) is 5.88 Å². The van der Waals surface area contributed by atoms with E-state index in [0.717, 1.165) is 12.8 Å². The number of ether oxygens (including phenoxy) is 1. The number of anilines is 1. The van der Waals surface area contributed by atoms with Crippen LogP contribution >= 0.6 is 11.3 Å². The lowest BCUT2D eigenvalue weighted by Gasteiger charge is -2.43. The Hall–Kier alpha value is -3.16. The van der Waals surface area contributed by atoms with Crippen LogP contribution < -0.4 is 14.8 Å². The third-order valence-corrected chi connectivity index (χ3v) is 9.71. The Labute approximate surface area is 226 Å². The molecule has 13 heteroatoms. The highest BCUT2D eigenvalue weighted by atomic mass is 32.2. The molecule has 0 saturated heterocycles. The van der Waals surface area contributed by atoms with Gasteiger partial charge in [-0.05, 0) is 64.8 Å². The normalized spacial score (nSPS) is 20.0. The fraction of sp³-hybridized carbons (Fsp3) is 0.480. The molecule has 3 heterocycles. The second kappa shape index (κ2) is 10.9. The number of hydrogen-bond donors (Lipinski definition) is 2. The van der Waals surface area contributed by atoms with Crippen LogP contribution in [0, 0.1) is 5.92 Å². The lowest BCUT2D eigenvalue weighted by Crippen LogP contribution is -2.47. The predicted molar refractivity (Wildman–Crippen MR) is 145 cm³/mol. The van der Waals surface area contributed by atoms with E-state index in [1.54, 1.807) is 30.7 Å². The van der Waals surface area contributed by atoms with E-state index in [1.165, 1.54) is 17.5 Å². The summed E-state index contributed by atoms with van der Waals surface area (Å²) >= 11 is 1.22. The van der Waals surface area contributed by atoms with Gasteiger partial charge in [0.2, 0.25) is 15.9 Å². The van der Waals surface area contributed by atoms with Gasteiger partial charge in [0.1, 0.15) is 5.69 Å². The van der Waals surface area contributed by atoms with Crippen molar-refractivity contribution in [2.75, 3.05) is 25.4 Å². The second-order valence-electron chi connectivity index (χ2n) is 9.82. The number of nitrogens with one attached hydrogen (secondary N) is 2. The van der Waals surface area contributed by atoms with Crippen LogP contribution in [-0.2, 0) is 10.0 Å². The Morgan fingerprint density at radius 2 is 2.00 bits per heavy atom. The molecule has 11 nitrogen and oxygen atoms in total. The molecule has 0 unspecified atom stereocenters. The average Bonchev–Trinajstić information content (AvgIpc) is 3.60. The van der Waals surface area contributed by atoms with Gasteiger partial charge in [0, 0.05) is 18.4 Å². The van der Waals surface area contributed by atoms with Crippen molar-refractivity contribution in [1.29, 1.82) is 0 Å². The SMILES string of the molecule is CCOc1cncc(-c2cnc(C(=O)N[C@@H](c3cc(NS(=O)(=O)C4CC4)ccn3)[C@H]3C[C@@H](N(C)C)C3)s2)n1. The van der Waals surface area contributed by atoms with Crippen molar-refractivity contribution in [1.82, 2.24) is 30.2 Å². The molecule has 2 saturated carbocycles. The van der Waals surface area contributed by atoms with Gasteiger partial charge in [-0.15, -0.1) is 11.3 Å². The summed E-state index contributed by atoms with van der Waals surface area (Å²) in [6.07, 6.45) is 9.46. The highest BCUT2D eigenvalue weighted by molar-refractivity contribution is 7.93. The zero-order valence-electron chi connectivity index (χ0n) is 21.5. The van der Waals surface area contributed by atoms with Gasteiger partial charge in [0.25, 0.3) is 5.91 Å². The van der Waals surface area contributed by atoms with E-state index in [-0.39, 0.29) is 17.1 Å². The van der Waals surface area contributed by atoms with Crippen molar-refractivity contribution in [2.45, 2.75) is 49.9 Å². The quantitative estimate of drug-likeness (QED) is 0.364. The van der Waals surface area contributed by atoms with Crippen LogP contribution in [0.2, 0.25) is 0 Å². The Morgan fingerprint density at radius 3 is 2.71 bits per heavy atom. The Morgan fingerprint density at radius 1 is 1.21 bits per heavy atom. The first kappa shape index (κ1) is 26.4. The minimum atomic E-state index is -3.41. The molecule has 202 valence electrons. The van der Waals surface area contributed by atoms with Crippen molar-refractivity contribution < 1.29 is 17.9 Å². The van der Waals surface area contributed by atoms with Crippen LogP contribution in [0.1, 0.15) is 54.1 Å². The highest BCUT2D eigenvalue weighted by Gasteiger charge is 2.39. The van der Waals surface area contributed by atoms with Gasteiger partial charge in [-0.25, -0.2) is 18.4 Å². The molecule has 3 aromatic rings. The topological polar surface area (TPSA) is 139 Å². The Balaban J connectivity index is 1.36. The summed E-state index contributed by atoms with van der Waals surface area (Å²) in [7, 11) is 0.673. The average molecular weight is 558 g/mol. The zero-order chi connectivity index (χ0) is 26.9. The first-order chi connectivity index (χ1) is 18.2. The number of carbonyl (C=O) groups is 1. The Bertz CT molecular complexity index is 1400. The molecular weight excluding hydrogens is 526 g/mol. The van der Waals surface area contributed by atoms with Crippen molar-refractivity contribution in [3.63, 3.8) is 0 Å². The number of amides is 1. The summed E-state index contributed by atoms with van der Waals surface area (Å²) in [6.45, 7) is 2.35. The molecule has 2 aliphatic carbocycles. The molecule has 5 rings (SSSR count). The van der Waals surface area contributed by atoms with Crippen LogP contribution in [0.25, 0.3) is 10.6 Å². The van der Waals surface area contributed by atoms with E-state index in [2.05, 4.69) is 34.9 Å². The minimum absolute atomic E-state index is 0.155. The monoisotopic (exact) mass is 557 g/mol. The van der Waals surface area contributed by atoms with Crippen molar-refractivity contribution >= 4 is 33.0 Å². The third kappa shape index (κ3) is 5.94. The van der Waals surface area contributed by atoms with Crippen LogP contribution in [0.15, 0.2) is 36.9 Å². The van der Waals surface area contributed by atoms with Crippen molar-refractivity contribution in [2.24, 2.45) is 5.92 Å². The second-order valence-corrected chi connectivity index (χ2v) is 12.8. The van der Waals surface area contributed by atoms with Gasteiger partial charge in [-0.1, -0.05) is 0 Å². The first-order valence-corrected chi connectivity index (χ1v) is 15.0. The van der Waals surface area contributed by atoms with E-state index < -0.39 is 16.1 Å². The number of pyridine rings is 1. The van der Waals surface area contributed by atoms with E-state index in [4.69, 9.17) is 4.74 Å². The van der Waals surface area contributed by atoms with E-state index in [9.17, 15) is 13.2 Å². The van der Waals surface area contributed by atoms with Crippen LogP contribution in [0.4, 0.5) is 5.69 Å². The molecule has 0 aliphatic heterocycles. The maximum atomic E-state index is 13.3. The molecule has 3 aromatic heterocycles. The maximum Gasteiger partial charge on any atom is 0.280 e. The molecule has 2 N–H and O–H groups in total. The fourth-order valence-electron chi connectivity index (χ4n) is 4.45. The van der Waals surface area contributed by atoms with E-state index in [0.29, 0.717) is 58.3 Å². The standard InChI is InChI=1S/C25H31N7O4S2/c1-4-36-22-14-26-12-20(29-22)21-13-28-25(37-21)24(33)30-23(15-9-17(10-15)32(2)3)19-11-16(7-8-27-19)31-38(34,35)18-5-6-18/h7-8,11-15,17-18,23H,4-6,9-10H2,1-3H3,(H,27,31)(H,30,33)/t15-,17+,23-/m1/s1. The highest BCUT2D eigenvalue weighted by Crippen LogP contribution is 2.40. The fourth-order valence-corrected chi connectivity index (χ4v) is 6.60. The van der Waals surface area contributed by atoms with Gasteiger partial charge in [-0.2, -0.15) is 0 Å². The molecule has 0 bridgehead atoms. The van der Waals surface area contributed by atoms with Crippen LogP contribution in [-0.4, -0.2) is 71.2 Å². The number of thiazole rings is 1. The minimum Gasteiger partial charge on any atom is -0.477 e. The summed E-state index contributed by atoms with van der Waals surface area (Å²) in [5, 5.41) is 3.08. The van der Waals surface area contributed by atoms with Crippen molar-refractivity contribution in [3.05, 3.63) is 47.6 Å². The largest absolute Gasteiger partial charge is 0.477 e. The summed E-state index contributed by atoms with van der Waals surface area (Å²) in [4.78, 5) is 33.7. The summed E-state index contributed by atoms with van der Waals surface area (Å²) < 4.78 is 33.0. The molecule has 38 heavy (non-hydrogen) atoms. The van der Waals surface area contributed by atoms with Crippen molar-refractivity contribution in [3.8, 4) is 16.5 Å². The predicted octanol–water partition coefficient (Wildman–Crippen LogP) is 3.11. The van der Waals surface area contributed by atoms with Crippen LogP contribution in [0.3, 0.4) is 0 Å². The molecule has 2 aliphatic rings. The number of carbonyl (C=O) groups excluding carboxylic acids is 1. The van der Waals surface area contributed by atoms with E-state index >= 15 is 0 Å². The number of aromatic nitrogens is 4. The molecular formula is C25H31N7O4S2. The molecule has 0 radical (unpaired) electrons. The lowest BCUT2D eigenvalue weighted by molar-refractivity contribution is 0.0757.